The smallest absolute Gasteiger partial charge is 0.227 e. The van der Waals surface area contributed by atoms with E-state index < -0.39 is 5.78 Å². The molecule has 1 heterocycles. The molecule has 0 saturated heterocycles. The lowest BCUT2D eigenvalue weighted by molar-refractivity contribution is -0.104. The van der Waals surface area contributed by atoms with Crippen molar-refractivity contribution in [3.8, 4) is 17.2 Å². The number of aromatic amines is 1. The Kier molecular flexibility index (Phi) is 3.41. The van der Waals surface area contributed by atoms with Crippen molar-refractivity contribution in [2.75, 3.05) is 21.3 Å². The lowest BCUT2D eigenvalue weighted by Gasteiger charge is -2.13. The Labute approximate surface area is 109 Å². The highest BCUT2D eigenvalue weighted by atomic mass is 16.5. The summed E-state index contributed by atoms with van der Waals surface area (Å²) in [4.78, 5) is 25.2. The number of aromatic nitrogens is 1. The first kappa shape index (κ1) is 12.9. The molecule has 2 rings (SSSR count). The van der Waals surface area contributed by atoms with Crippen LogP contribution in [0.4, 0.5) is 0 Å². The van der Waals surface area contributed by atoms with Gasteiger partial charge in [0.1, 0.15) is 0 Å². The topological polar surface area (TPSA) is 77.6 Å². The lowest BCUT2D eigenvalue weighted by Crippen LogP contribution is -2.01. The van der Waals surface area contributed by atoms with Crippen LogP contribution in [-0.2, 0) is 4.79 Å². The van der Waals surface area contributed by atoms with E-state index in [1.54, 1.807) is 6.07 Å². The molecular weight excluding hydrogens is 250 g/mol. The number of ether oxygens (including phenoxy) is 3. The number of fused-ring (bicyclic) bond motifs is 1. The highest BCUT2D eigenvalue weighted by molar-refractivity contribution is 6.36. The van der Waals surface area contributed by atoms with Crippen LogP contribution >= 0.6 is 0 Å². The van der Waals surface area contributed by atoms with E-state index in [2.05, 4.69) is 4.98 Å². The van der Waals surface area contributed by atoms with E-state index in [0.717, 1.165) is 0 Å². The zero-order valence-electron chi connectivity index (χ0n) is 10.8. The number of hydrogen-bond acceptors (Lipinski definition) is 5. The normalized spacial score (nSPS) is 10.3. The summed E-state index contributed by atoms with van der Waals surface area (Å²) in [6, 6.07) is 1.68. The van der Waals surface area contributed by atoms with Crippen molar-refractivity contribution < 1.29 is 23.8 Å². The standard InChI is InChI=1S/C13H13NO5/c1-17-10-4-8-11(13(19-3)12(10)18-2)7(5-14-8)9(16)6-15/h4-6,14H,1-3H3. The van der Waals surface area contributed by atoms with Gasteiger partial charge in [0.05, 0.1) is 37.8 Å². The summed E-state index contributed by atoms with van der Waals surface area (Å²) in [6.07, 6.45) is 1.72. The number of methoxy groups -OCH3 is 3. The molecule has 1 aromatic carbocycles. The van der Waals surface area contributed by atoms with Gasteiger partial charge in [-0.25, -0.2) is 0 Å². The maximum absolute atomic E-state index is 11.6. The zero-order chi connectivity index (χ0) is 14.0. The highest BCUT2D eigenvalue weighted by Gasteiger charge is 2.22. The Hall–Kier alpha value is -2.50. The fourth-order valence-corrected chi connectivity index (χ4v) is 2.02. The molecule has 0 aliphatic carbocycles. The second-order valence-electron chi connectivity index (χ2n) is 3.75. The van der Waals surface area contributed by atoms with Gasteiger partial charge in [-0.1, -0.05) is 0 Å². The number of Topliss-reactive ketones (excluding diaryl/α,β-unsaturated/α-hetero) is 1. The van der Waals surface area contributed by atoms with Crippen molar-refractivity contribution >= 4 is 23.0 Å². The first-order valence-electron chi connectivity index (χ1n) is 5.47. The second-order valence-corrected chi connectivity index (χ2v) is 3.75. The molecule has 0 bridgehead atoms. The van der Waals surface area contributed by atoms with Crippen LogP contribution in [0.1, 0.15) is 10.4 Å². The molecule has 1 aromatic heterocycles. The van der Waals surface area contributed by atoms with E-state index in [1.165, 1.54) is 27.5 Å². The van der Waals surface area contributed by atoms with Gasteiger partial charge in [-0.3, -0.25) is 9.59 Å². The molecule has 0 unspecified atom stereocenters. The van der Waals surface area contributed by atoms with Crippen LogP contribution < -0.4 is 14.2 Å². The van der Waals surface area contributed by atoms with Gasteiger partial charge in [0.2, 0.25) is 11.5 Å². The average molecular weight is 263 g/mol. The van der Waals surface area contributed by atoms with Crippen molar-refractivity contribution in [1.29, 1.82) is 0 Å². The van der Waals surface area contributed by atoms with Gasteiger partial charge in [0.25, 0.3) is 0 Å². The Bertz CT molecular complexity index is 644. The summed E-state index contributed by atoms with van der Waals surface area (Å²) in [6.45, 7) is 0. The van der Waals surface area contributed by atoms with Crippen molar-refractivity contribution in [2.24, 2.45) is 0 Å². The van der Waals surface area contributed by atoms with E-state index in [4.69, 9.17) is 14.2 Å². The SMILES string of the molecule is COc1cc2[nH]cc(C(=O)C=O)c2c(OC)c1OC. The molecule has 6 heteroatoms. The van der Waals surface area contributed by atoms with Crippen LogP contribution in [-0.4, -0.2) is 38.4 Å². The third-order valence-corrected chi connectivity index (χ3v) is 2.84. The minimum Gasteiger partial charge on any atom is -0.493 e. The number of ketones is 1. The van der Waals surface area contributed by atoms with Crippen LogP contribution in [0.5, 0.6) is 17.2 Å². The summed E-state index contributed by atoms with van der Waals surface area (Å²) < 4.78 is 15.7. The zero-order valence-corrected chi connectivity index (χ0v) is 10.8. The minimum atomic E-state index is -0.628. The Morgan fingerprint density at radius 1 is 1.16 bits per heavy atom. The van der Waals surface area contributed by atoms with Gasteiger partial charge in [-0.05, 0) is 0 Å². The van der Waals surface area contributed by atoms with E-state index in [1.807, 2.05) is 0 Å². The molecular formula is C13H13NO5. The van der Waals surface area contributed by atoms with Crippen molar-refractivity contribution in [3.05, 3.63) is 17.8 Å². The quantitative estimate of drug-likeness (QED) is 0.503. The number of H-pyrrole nitrogens is 1. The van der Waals surface area contributed by atoms with Gasteiger partial charge in [0.15, 0.2) is 17.8 Å². The van der Waals surface area contributed by atoms with Crippen LogP contribution in [0.3, 0.4) is 0 Å². The third kappa shape index (κ3) is 1.91. The first-order valence-corrected chi connectivity index (χ1v) is 5.47. The monoisotopic (exact) mass is 263 g/mol. The Morgan fingerprint density at radius 3 is 2.37 bits per heavy atom. The molecule has 0 aliphatic heterocycles. The molecule has 0 aliphatic rings. The number of hydrogen-bond donors (Lipinski definition) is 1. The van der Waals surface area contributed by atoms with E-state index in [-0.39, 0.29) is 11.8 Å². The summed E-state index contributed by atoms with van der Waals surface area (Å²) >= 11 is 0. The summed E-state index contributed by atoms with van der Waals surface area (Å²) in [7, 11) is 4.43. The van der Waals surface area contributed by atoms with Crippen LogP contribution in [0.15, 0.2) is 12.3 Å². The van der Waals surface area contributed by atoms with Crippen LogP contribution in [0.25, 0.3) is 10.9 Å². The average Bonchev–Trinajstić information content (AvgIpc) is 2.87. The molecule has 0 fully saturated rings. The predicted molar refractivity (Wildman–Crippen MR) is 68.3 cm³/mol. The Morgan fingerprint density at radius 2 is 1.84 bits per heavy atom. The molecule has 6 nitrogen and oxygen atoms in total. The summed E-state index contributed by atoms with van der Waals surface area (Å²) in [5.41, 5.74) is 0.863. The van der Waals surface area contributed by atoms with E-state index in [9.17, 15) is 9.59 Å². The number of carbonyl (C=O) groups is 2. The molecule has 19 heavy (non-hydrogen) atoms. The largest absolute Gasteiger partial charge is 0.493 e. The number of carbonyl (C=O) groups excluding carboxylic acids is 2. The summed E-state index contributed by atoms with van der Waals surface area (Å²) in [5.74, 6) is 0.566. The second kappa shape index (κ2) is 5.01. The predicted octanol–water partition coefficient (Wildman–Crippen LogP) is 1.58. The maximum Gasteiger partial charge on any atom is 0.227 e. The Balaban J connectivity index is 2.85. The summed E-state index contributed by atoms with van der Waals surface area (Å²) in [5, 5.41) is 0.497. The van der Waals surface area contributed by atoms with Gasteiger partial charge in [-0.2, -0.15) is 0 Å². The number of aldehydes is 1. The van der Waals surface area contributed by atoms with Gasteiger partial charge >= 0.3 is 0 Å². The van der Waals surface area contributed by atoms with E-state index >= 15 is 0 Å². The molecule has 1 N–H and O–H groups in total. The lowest BCUT2D eigenvalue weighted by atomic mass is 10.1. The highest BCUT2D eigenvalue weighted by Crippen LogP contribution is 2.44. The fraction of sp³-hybridized carbons (Fsp3) is 0.231. The number of nitrogens with one attached hydrogen (secondary N) is 1. The molecule has 0 radical (unpaired) electrons. The van der Waals surface area contributed by atoms with Gasteiger partial charge in [0, 0.05) is 12.3 Å². The number of benzene rings is 1. The third-order valence-electron chi connectivity index (χ3n) is 2.84. The molecule has 100 valence electrons. The van der Waals surface area contributed by atoms with Crippen molar-refractivity contribution in [2.45, 2.75) is 0 Å². The maximum atomic E-state index is 11.6. The van der Waals surface area contributed by atoms with Gasteiger partial charge in [-0.15, -0.1) is 0 Å². The molecule has 0 amide bonds. The fourth-order valence-electron chi connectivity index (χ4n) is 2.02. The first-order chi connectivity index (χ1) is 9.17. The van der Waals surface area contributed by atoms with Crippen LogP contribution in [0, 0.1) is 0 Å². The number of rotatable bonds is 5. The minimum absolute atomic E-state index is 0.239. The molecule has 0 atom stereocenters. The van der Waals surface area contributed by atoms with Crippen LogP contribution in [0.2, 0.25) is 0 Å². The molecule has 0 spiro atoms. The van der Waals surface area contributed by atoms with E-state index in [0.29, 0.717) is 28.2 Å². The molecule has 0 saturated carbocycles. The molecule has 2 aromatic rings. The van der Waals surface area contributed by atoms with Gasteiger partial charge < -0.3 is 19.2 Å². The van der Waals surface area contributed by atoms with Crippen molar-refractivity contribution in [1.82, 2.24) is 4.98 Å². The van der Waals surface area contributed by atoms with Crippen molar-refractivity contribution in [3.63, 3.8) is 0 Å².